The minimum absolute atomic E-state index is 0.0376. The van der Waals surface area contributed by atoms with Crippen molar-refractivity contribution in [1.29, 1.82) is 5.26 Å². The summed E-state index contributed by atoms with van der Waals surface area (Å²) in [6.07, 6.45) is 6.24. The van der Waals surface area contributed by atoms with Gasteiger partial charge in [-0.3, -0.25) is 9.48 Å². The number of halogens is 1. The largest absolute Gasteiger partial charge is 0.309 e. The molecule has 7 nitrogen and oxygen atoms in total. The van der Waals surface area contributed by atoms with Crippen molar-refractivity contribution in [2.45, 2.75) is 38.6 Å². The van der Waals surface area contributed by atoms with E-state index in [-0.39, 0.29) is 11.8 Å². The fourth-order valence-corrected chi connectivity index (χ4v) is 3.16. The molecule has 2 aromatic heterocycles. The van der Waals surface area contributed by atoms with Gasteiger partial charge in [0.15, 0.2) is 11.6 Å². The van der Waals surface area contributed by atoms with Crippen LogP contribution in [0.15, 0.2) is 6.20 Å². The van der Waals surface area contributed by atoms with E-state index in [0.717, 1.165) is 44.3 Å². The van der Waals surface area contributed by atoms with Crippen LogP contribution in [0.2, 0.25) is 5.02 Å². The molecule has 1 aliphatic carbocycles. The van der Waals surface area contributed by atoms with Crippen molar-refractivity contribution in [2.24, 2.45) is 5.92 Å². The third-order valence-corrected chi connectivity index (χ3v) is 4.68. The van der Waals surface area contributed by atoms with Crippen LogP contribution in [0.25, 0.3) is 5.82 Å². The molecule has 3 heterocycles. The average Bonchev–Trinajstić information content (AvgIpc) is 3.27. The highest BCUT2D eigenvalue weighted by atomic mass is 35.5. The summed E-state index contributed by atoms with van der Waals surface area (Å²) in [5.41, 5.74) is 1.29. The number of hydrogen-bond donors (Lipinski definition) is 1. The number of amides is 1. The molecule has 8 heteroatoms. The Morgan fingerprint density at radius 3 is 2.96 bits per heavy atom. The molecule has 1 N–H and O–H groups in total. The standard InChI is InChI=1S/C15H15ClN6O/c16-12-11-3-1-2-6-21(11)20-14(12)22-13(10(7-17)8-18-22)19-15(23)9-4-5-9/h8-9H,1-6H2,(H,19,23). The number of rotatable bonds is 3. The molecule has 0 aromatic carbocycles. The van der Waals surface area contributed by atoms with E-state index in [1.807, 2.05) is 4.68 Å². The van der Waals surface area contributed by atoms with Crippen molar-refractivity contribution in [1.82, 2.24) is 19.6 Å². The van der Waals surface area contributed by atoms with E-state index in [2.05, 4.69) is 21.6 Å². The van der Waals surface area contributed by atoms with E-state index in [9.17, 15) is 10.1 Å². The molecule has 4 rings (SSSR count). The van der Waals surface area contributed by atoms with E-state index in [1.54, 1.807) is 0 Å². The predicted molar refractivity (Wildman–Crippen MR) is 83.4 cm³/mol. The number of aryl methyl sites for hydroxylation is 1. The van der Waals surface area contributed by atoms with Crippen molar-refractivity contribution < 1.29 is 4.79 Å². The molecule has 23 heavy (non-hydrogen) atoms. The number of nitrogens with zero attached hydrogens (tertiary/aromatic N) is 5. The van der Waals surface area contributed by atoms with Gasteiger partial charge in [0.25, 0.3) is 0 Å². The van der Waals surface area contributed by atoms with Gasteiger partial charge in [-0.05, 0) is 32.1 Å². The van der Waals surface area contributed by atoms with E-state index < -0.39 is 0 Å². The SMILES string of the molecule is N#Cc1cnn(-c2nn3c(c2Cl)CCCC3)c1NC(=O)C1CC1. The number of carbonyl (C=O) groups is 1. The number of nitriles is 1. The lowest BCUT2D eigenvalue weighted by Gasteiger charge is -2.12. The summed E-state index contributed by atoms with van der Waals surface area (Å²) >= 11 is 6.47. The van der Waals surface area contributed by atoms with Crippen molar-refractivity contribution >= 4 is 23.3 Å². The van der Waals surface area contributed by atoms with Crippen LogP contribution >= 0.6 is 11.6 Å². The second-order valence-electron chi connectivity index (χ2n) is 5.96. The monoisotopic (exact) mass is 330 g/mol. The van der Waals surface area contributed by atoms with Crippen LogP contribution < -0.4 is 5.32 Å². The first-order valence-electron chi connectivity index (χ1n) is 7.73. The Balaban J connectivity index is 1.77. The lowest BCUT2D eigenvalue weighted by molar-refractivity contribution is -0.117. The molecule has 2 aliphatic rings. The highest BCUT2D eigenvalue weighted by molar-refractivity contribution is 6.33. The van der Waals surface area contributed by atoms with Gasteiger partial charge in [-0.2, -0.15) is 20.1 Å². The molecule has 1 saturated carbocycles. The summed E-state index contributed by atoms with van der Waals surface area (Å²) in [5, 5.41) is 21.3. The van der Waals surface area contributed by atoms with Crippen molar-refractivity contribution in [2.75, 3.05) is 5.32 Å². The fourth-order valence-electron chi connectivity index (χ4n) is 2.85. The van der Waals surface area contributed by atoms with Crippen LogP contribution in [0.4, 0.5) is 5.82 Å². The molecule has 1 aliphatic heterocycles. The van der Waals surface area contributed by atoms with Gasteiger partial charge in [-0.15, -0.1) is 0 Å². The third-order valence-electron chi connectivity index (χ3n) is 4.29. The average molecular weight is 331 g/mol. The maximum atomic E-state index is 12.1. The zero-order valence-electron chi connectivity index (χ0n) is 12.4. The molecule has 0 spiro atoms. The van der Waals surface area contributed by atoms with E-state index >= 15 is 0 Å². The minimum Gasteiger partial charge on any atom is -0.309 e. The molecule has 1 amide bonds. The maximum Gasteiger partial charge on any atom is 0.228 e. The fraction of sp³-hybridized carbons (Fsp3) is 0.467. The number of nitrogens with one attached hydrogen (secondary N) is 1. The second-order valence-corrected chi connectivity index (χ2v) is 6.34. The Bertz CT molecular complexity index is 826. The van der Waals surface area contributed by atoms with Crippen LogP contribution in [-0.4, -0.2) is 25.5 Å². The zero-order valence-corrected chi connectivity index (χ0v) is 13.2. The number of aromatic nitrogens is 4. The highest BCUT2D eigenvalue weighted by Gasteiger charge is 2.32. The summed E-state index contributed by atoms with van der Waals surface area (Å²) in [4.78, 5) is 12.1. The van der Waals surface area contributed by atoms with Crippen molar-refractivity contribution in [3.05, 3.63) is 22.5 Å². The summed E-state index contributed by atoms with van der Waals surface area (Å²) in [5.74, 6) is 0.775. The first kappa shape index (κ1) is 14.3. The highest BCUT2D eigenvalue weighted by Crippen LogP contribution is 2.33. The molecule has 0 saturated heterocycles. The molecule has 118 valence electrons. The number of carbonyl (C=O) groups excluding carboxylic acids is 1. The minimum atomic E-state index is -0.0802. The Morgan fingerprint density at radius 2 is 2.26 bits per heavy atom. The Morgan fingerprint density at radius 1 is 1.43 bits per heavy atom. The summed E-state index contributed by atoms with van der Waals surface area (Å²) in [6, 6.07) is 2.06. The number of anilines is 1. The van der Waals surface area contributed by atoms with Gasteiger partial charge in [-0.1, -0.05) is 11.6 Å². The van der Waals surface area contributed by atoms with Crippen LogP contribution in [0.3, 0.4) is 0 Å². The Hall–Kier alpha value is -2.33. The lowest BCUT2D eigenvalue weighted by atomic mass is 10.1. The van der Waals surface area contributed by atoms with E-state index in [4.69, 9.17) is 11.6 Å². The summed E-state index contributed by atoms with van der Waals surface area (Å²) in [6.45, 7) is 0.825. The smallest absolute Gasteiger partial charge is 0.228 e. The van der Waals surface area contributed by atoms with E-state index in [1.165, 1.54) is 10.9 Å². The summed E-state index contributed by atoms with van der Waals surface area (Å²) in [7, 11) is 0. The van der Waals surface area contributed by atoms with Crippen LogP contribution in [0, 0.1) is 17.2 Å². The molecule has 0 unspecified atom stereocenters. The molecule has 1 fully saturated rings. The van der Waals surface area contributed by atoms with Gasteiger partial charge >= 0.3 is 0 Å². The van der Waals surface area contributed by atoms with E-state index in [0.29, 0.717) is 22.2 Å². The van der Waals surface area contributed by atoms with Gasteiger partial charge in [0, 0.05) is 12.5 Å². The molecule has 2 aromatic rings. The predicted octanol–water partition coefficient (Wildman–Crippen LogP) is 2.28. The molecular formula is C15H15ClN6O. The Labute approximate surface area is 137 Å². The number of fused-ring (bicyclic) bond motifs is 1. The third kappa shape index (κ3) is 2.39. The molecule has 0 radical (unpaired) electrons. The van der Waals surface area contributed by atoms with Crippen LogP contribution in [0.1, 0.15) is 36.9 Å². The first-order chi connectivity index (χ1) is 11.2. The van der Waals surface area contributed by atoms with Crippen LogP contribution in [-0.2, 0) is 17.8 Å². The van der Waals surface area contributed by atoms with Gasteiger partial charge in [0.05, 0.1) is 11.9 Å². The zero-order chi connectivity index (χ0) is 16.0. The lowest BCUT2D eigenvalue weighted by Crippen LogP contribution is -2.17. The number of hydrogen-bond acceptors (Lipinski definition) is 4. The van der Waals surface area contributed by atoms with Gasteiger partial charge in [0.1, 0.15) is 16.7 Å². The molecule has 0 atom stereocenters. The second kappa shape index (κ2) is 5.39. The maximum absolute atomic E-state index is 12.1. The topological polar surface area (TPSA) is 88.5 Å². The van der Waals surface area contributed by atoms with Crippen LogP contribution in [0.5, 0.6) is 0 Å². The Kier molecular flexibility index (Phi) is 3.34. The molecule has 0 bridgehead atoms. The normalized spacial score (nSPS) is 16.7. The first-order valence-corrected chi connectivity index (χ1v) is 8.11. The van der Waals surface area contributed by atoms with Gasteiger partial charge < -0.3 is 5.32 Å². The van der Waals surface area contributed by atoms with Crippen molar-refractivity contribution in [3.8, 4) is 11.9 Å². The van der Waals surface area contributed by atoms with Gasteiger partial charge in [-0.25, -0.2) is 0 Å². The molecular weight excluding hydrogens is 316 g/mol. The summed E-state index contributed by atoms with van der Waals surface area (Å²) < 4.78 is 3.36. The van der Waals surface area contributed by atoms with Crippen molar-refractivity contribution in [3.63, 3.8) is 0 Å². The quantitative estimate of drug-likeness (QED) is 0.935. The van der Waals surface area contributed by atoms with Gasteiger partial charge in [0.2, 0.25) is 5.91 Å².